The molecule has 1 aliphatic rings. The molecule has 0 saturated heterocycles. The number of hydrogen-bond donors (Lipinski definition) is 1. The highest BCUT2D eigenvalue weighted by Crippen LogP contribution is 2.33. The molecule has 1 atom stereocenters. The predicted octanol–water partition coefficient (Wildman–Crippen LogP) is 2.36. The molecule has 0 saturated carbocycles. The van der Waals surface area contributed by atoms with Gasteiger partial charge in [0.05, 0.1) is 15.7 Å². The van der Waals surface area contributed by atoms with E-state index in [1.165, 1.54) is 17.0 Å². The fourth-order valence-electron chi connectivity index (χ4n) is 2.24. The fourth-order valence-corrected chi connectivity index (χ4v) is 2.58. The molecule has 1 unspecified atom stereocenters. The van der Waals surface area contributed by atoms with Gasteiger partial charge in [-0.1, -0.05) is 13.8 Å². The smallest absolute Gasteiger partial charge is 0.299 e. The van der Waals surface area contributed by atoms with Crippen molar-refractivity contribution >= 4 is 33.3 Å². The lowest BCUT2D eigenvalue weighted by Gasteiger charge is -2.21. The number of halogens is 2. The zero-order chi connectivity index (χ0) is 14.9. The van der Waals surface area contributed by atoms with Crippen molar-refractivity contribution in [2.24, 2.45) is 5.92 Å². The van der Waals surface area contributed by atoms with E-state index in [0.717, 1.165) is 13.1 Å². The van der Waals surface area contributed by atoms with Crippen molar-refractivity contribution in [1.82, 2.24) is 5.32 Å². The molecule has 20 heavy (non-hydrogen) atoms. The summed E-state index contributed by atoms with van der Waals surface area (Å²) < 4.78 is 13.8. The highest BCUT2D eigenvalue weighted by atomic mass is 79.9. The maximum Gasteiger partial charge on any atom is 0.299 e. The summed E-state index contributed by atoms with van der Waals surface area (Å²) in [6.45, 7) is 5.96. The Kier molecular flexibility index (Phi) is 4.55. The first-order valence-corrected chi connectivity index (χ1v) is 7.31. The SMILES string of the molecule is CCNCC(C)CN1C(=O)C(=O)c2cc(Br)c(F)cc21. The van der Waals surface area contributed by atoms with E-state index in [0.29, 0.717) is 12.2 Å². The molecule has 0 radical (unpaired) electrons. The molecule has 0 bridgehead atoms. The van der Waals surface area contributed by atoms with Gasteiger partial charge >= 0.3 is 0 Å². The summed E-state index contributed by atoms with van der Waals surface area (Å²) in [5, 5.41) is 3.19. The Labute approximate surface area is 125 Å². The molecule has 4 nitrogen and oxygen atoms in total. The molecule has 6 heteroatoms. The number of ketones is 1. The van der Waals surface area contributed by atoms with Gasteiger partial charge < -0.3 is 10.2 Å². The summed E-state index contributed by atoms with van der Waals surface area (Å²) in [5.41, 5.74) is 0.628. The molecule has 108 valence electrons. The Balaban J connectivity index is 2.26. The number of fused-ring (bicyclic) bond motifs is 1. The van der Waals surface area contributed by atoms with Gasteiger partial charge in [0, 0.05) is 6.54 Å². The van der Waals surface area contributed by atoms with E-state index in [1.54, 1.807) is 0 Å². The summed E-state index contributed by atoms with van der Waals surface area (Å²) in [7, 11) is 0. The highest BCUT2D eigenvalue weighted by molar-refractivity contribution is 9.10. The third-order valence-corrected chi connectivity index (χ3v) is 3.86. The quantitative estimate of drug-likeness (QED) is 0.835. The van der Waals surface area contributed by atoms with Crippen LogP contribution in [0.1, 0.15) is 24.2 Å². The van der Waals surface area contributed by atoms with E-state index in [1.807, 2.05) is 13.8 Å². The van der Waals surface area contributed by atoms with Crippen molar-refractivity contribution < 1.29 is 14.0 Å². The molecule has 0 aromatic heterocycles. The van der Waals surface area contributed by atoms with E-state index in [9.17, 15) is 14.0 Å². The molecule has 1 aliphatic heterocycles. The van der Waals surface area contributed by atoms with Crippen LogP contribution in [0, 0.1) is 11.7 Å². The third kappa shape index (κ3) is 2.76. The second-order valence-electron chi connectivity index (χ2n) is 4.94. The number of Topliss-reactive ketones (excluding diaryl/α,β-unsaturated/α-hetero) is 1. The number of carbonyl (C=O) groups excluding carboxylic acids is 2. The maximum atomic E-state index is 13.6. The van der Waals surface area contributed by atoms with Crippen LogP contribution in [0.25, 0.3) is 0 Å². The zero-order valence-electron chi connectivity index (χ0n) is 11.4. The van der Waals surface area contributed by atoms with Gasteiger partial charge in [-0.15, -0.1) is 0 Å². The number of nitrogens with zero attached hydrogens (tertiary/aromatic N) is 1. The van der Waals surface area contributed by atoms with E-state index < -0.39 is 17.5 Å². The van der Waals surface area contributed by atoms with Crippen LogP contribution in [0.2, 0.25) is 0 Å². The molecule has 0 spiro atoms. The van der Waals surface area contributed by atoms with Gasteiger partial charge in [-0.2, -0.15) is 0 Å². The Morgan fingerprint density at radius 1 is 1.40 bits per heavy atom. The average Bonchev–Trinajstić information content (AvgIpc) is 2.63. The minimum Gasteiger partial charge on any atom is -0.317 e. The zero-order valence-corrected chi connectivity index (χ0v) is 13.0. The van der Waals surface area contributed by atoms with Gasteiger partial charge in [-0.25, -0.2) is 4.39 Å². The van der Waals surface area contributed by atoms with Crippen molar-refractivity contribution in [1.29, 1.82) is 0 Å². The summed E-state index contributed by atoms with van der Waals surface area (Å²) in [6.07, 6.45) is 0. The van der Waals surface area contributed by atoms with E-state index in [2.05, 4.69) is 21.2 Å². The van der Waals surface area contributed by atoms with Crippen LogP contribution in [0.15, 0.2) is 16.6 Å². The molecule has 1 amide bonds. The topological polar surface area (TPSA) is 49.4 Å². The number of nitrogens with one attached hydrogen (secondary N) is 1. The molecular weight excluding hydrogens is 327 g/mol. The normalized spacial score (nSPS) is 15.7. The second kappa shape index (κ2) is 6.01. The molecule has 1 heterocycles. The standard InChI is InChI=1S/C14H16BrFN2O2/c1-3-17-6-8(2)7-18-12-5-11(16)10(15)4-9(12)13(19)14(18)20/h4-5,8,17H,3,6-7H2,1-2H3. The number of benzene rings is 1. The van der Waals surface area contributed by atoms with Crippen molar-refractivity contribution in [2.75, 3.05) is 24.5 Å². The molecular formula is C14H16BrFN2O2. The first kappa shape index (κ1) is 15.1. The number of hydrogen-bond acceptors (Lipinski definition) is 3. The summed E-state index contributed by atoms with van der Waals surface area (Å²) in [4.78, 5) is 25.3. The Hall–Kier alpha value is -1.27. The summed E-state index contributed by atoms with van der Waals surface area (Å²) >= 11 is 3.03. The van der Waals surface area contributed by atoms with E-state index in [4.69, 9.17) is 0 Å². The van der Waals surface area contributed by atoms with Crippen molar-refractivity contribution in [3.63, 3.8) is 0 Å². The van der Waals surface area contributed by atoms with Crippen LogP contribution in [0.3, 0.4) is 0 Å². The highest BCUT2D eigenvalue weighted by Gasteiger charge is 2.37. The maximum absolute atomic E-state index is 13.6. The number of carbonyl (C=O) groups is 2. The number of rotatable bonds is 5. The van der Waals surface area contributed by atoms with Gasteiger partial charge in [0.15, 0.2) is 0 Å². The van der Waals surface area contributed by atoms with Crippen LogP contribution < -0.4 is 10.2 Å². The van der Waals surface area contributed by atoms with Gasteiger partial charge in [0.25, 0.3) is 11.7 Å². The van der Waals surface area contributed by atoms with Gasteiger partial charge in [-0.05, 0) is 47.1 Å². The minimum absolute atomic E-state index is 0.171. The average molecular weight is 343 g/mol. The minimum atomic E-state index is -0.583. The van der Waals surface area contributed by atoms with Crippen molar-refractivity contribution in [3.05, 3.63) is 28.0 Å². The molecule has 0 fully saturated rings. The van der Waals surface area contributed by atoms with Gasteiger partial charge in [0.2, 0.25) is 0 Å². The van der Waals surface area contributed by atoms with Crippen molar-refractivity contribution in [2.45, 2.75) is 13.8 Å². The molecule has 1 N–H and O–H groups in total. The monoisotopic (exact) mass is 342 g/mol. The lowest BCUT2D eigenvalue weighted by atomic mass is 10.1. The van der Waals surface area contributed by atoms with Crippen LogP contribution in [-0.4, -0.2) is 31.3 Å². The van der Waals surface area contributed by atoms with Crippen LogP contribution in [0.4, 0.5) is 10.1 Å². The largest absolute Gasteiger partial charge is 0.317 e. The van der Waals surface area contributed by atoms with Crippen LogP contribution in [0.5, 0.6) is 0 Å². The van der Waals surface area contributed by atoms with E-state index >= 15 is 0 Å². The first-order chi connectivity index (χ1) is 9.45. The first-order valence-electron chi connectivity index (χ1n) is 6.51. The Morgan fingerprint density at radius 2 is 2.10 bits per heavy atom. The molecule has 2 rings (SSSR count). The lowest BCUT2D eigenvalue weighted by molar-refractivity contribution is -0.114. The number of anilines is 1. The van der Waals surface area contributed by atoms with Crippen LogP contribution >= 0.6 is 15.9 Å². The van der Waals surface area contributed by atoms with Gasteiger partial charge in [0.1, 0.15) is 5.82 Å². The third-order valence-electron chi connectivity index (χ3n) is 3.25. The predicted molar refractivity (Wildman–Crippen MR) is 78.5 cm³/mol. The Bertz CT molecular complexity index is 562. The molecule has 1 aromatic carbocycles. The molecule has 1 aromatic rings. The molecule has 0 aliphatic carbocycles. The fraction of sp³-hybridized carbons (Fsp3) is 0.429. The summed E-state index contributed by atoms with van der Waals surface area (Å²) in [6, 6.07) is 2.61. The second-order valence-corrected chi connectivity index (χ2v) is 5.80. The van der Waals surface area contributed by atoms with E-state index in [-0.39, 0.29) is 16.0 Å². The van der Waals surface area contributed by atoms with Crippen LogP contribution in [-0.2, 0) is 4.79 Å². The van der Waals surface area contributed by atoms with Crippen molar-refractivity contribution in [3.8, 4) is 0 Å². The summed E-state index contributed by atoms with van der Waals surface area (Å²) in [5.74, 6) is -1.46. The van der Waals surface area contributed by atoms with Gasteiger partial charge in [-0.3, -0.25) is 9.59 Å². The Morgan fingerprint density at radius 3 is 2.75 bits per heavy atom. The number of amides is 1. The lowest BCUT2D eigenvalue weighted by Crippen LogP contribution is -2.36.